The van der Waals surface area contributed by atoms with Crippen molar-refractivity contribution in [3.05, 3.63) is 63.4 Å². The van der Waals surface area contributed by atoms with Gasteiger partial charge in [-0.15, -0.1) is 0 Å². The fourth-order valence-corrected chi connectivity index (χ4v) is 1.76. The number of hydrogen-bond donors (Lipinski definition) is 2. The minimum Gasteiger partial charge on any atom is -0.308 e. The smallest absolute Gasteiger partial charge is 0.308 e. The lowest BCUT2D eigenvalue weighted by molar-refractivity contribution is -0.384. The monoisotopic (exact) mass is 309 g/mol. The average Bonchev–Trinajstić information content (AvgIpc) is 2.43. The van der Waals surface area contributed by atoms with Crippen LogP contribution < -0.4 is 10.6 Å². The maximum Gasteiger partial charge on any atom is 0.323 e. The molecule has 0 aliphatic carbocycles. The van der Waals surface area contributed by atoms with Gasteiger partial charge < -0.3 is 10.6 Å². The summed E-state index contributed by atoms with van der Waals surface area (Å²) in [7, 11) is 0. The number of anilines is 2. The summed E-state index contributed by atoms with van der Waals surface area (Å²) in [6.07, 6.45) is 0. The van der Waals surface area contributed by atoms with Crippen LogP contribution in [0.4, 0.5) is 26.2 Å². The van der Waals surface area contributed by atoms with Gasteiger partial charge in [0.15, 0.2) is 0 Å². The van der Waals surface area contributed by atoms with Crippen LogP contribution in [0, 0.1) is 15.9 Å². The number of nitro benzene ring substituents is 1. The number of urea groups is 1. The van der Waals surface area contributed by atoms with Gasteiger partial charge in [-0.25, -0.2) is 9.18 Å². The Bertz CT molecular complexity index is 692. The fourth-order valence-electron chi connectivity index (χ4n) is 1.54. The highest BCUT2D eigenvalue weighted by atomic mass is 35.5. The van der Waals surface area contributed by atoms with E-state index in [0.717, 1.165) is 6.07 Å². The highest BCUT2D eigenvalue weighted by Crippen LogP contribution is 2.26. The normalized spacial score (nSPS) is 10.0. The van der Waals surface area contributed by atoms with Gasteiger partial charge in [0.1, 0.15) is 5.82 Å². The van der Waals surface area contributed by atoms with Gasteiger partial charge in [0.05, 0.1) is 15.6 Å². The predicted octanol–water partition coefficient (Wildman–Crippen LogP) is 4.03. The molecule has 0 aliphatic rings. The van der Waals surface area contributed by atoms with Crippen LogP contribution in [-0.4, -0.2) is 11.0 Å². The molecule has 8 heteroatoms. The average molecular weight is 310 g/mol. The topological polar surface area (TPSA) is 84.3 Å². The summed E-state index contributed by atoms with van der Waals surface area (Å²) >= 11 is 5.84. The Morgan fingerprint density at radius 2 is 1.81 bits per heavy atom. The van der Waals surface area contributed by atoms with Gasteiger partial charge in [-0.2, -0.15) is 0 Å². The third kappa shape index (κ3) is 3.90. The number of non-ortho nitro benzene ring substituents is 1. The molecule has 0 bridgehead atoms. The number of amides is 2. The molecule has 6 nitrogen and oxygen atoms in total. The summed E-state index contributed by atoms with van der Waals surface area (Å²) < 4.78 is 12.7. The summed E-state index contributed by atoms with van der Waals surface area (Å²) in [5.74, 6) is -0.417. The van der Waals surface area contributed by atoms with Gasteiger partial charge in [-0.3, -0.25) is 10.1 Å². The van der Waals surface area contributed by atoms with Crippen molar-refractivity contribution in [3.63, 3.8) is 0 Å². The zero-order valence-electron chi connectivity index (χ0n) is 10.5. The van der Waals surface area contributed by atoms with Crippen molar-refractivity contribution in [2.45, 2.75) is 0 Å². The Kier molecular flexibility index (Phi) is 4.34. The van der Waals surface area contributed by atoms with Crippen LogP contribution in [-0.2, 0) is 0 Å². The van der Waals surface area contributed by atoms with E-state index in [1.165, 1.54) is 36.4 Å². The van der Waals surface area contributed by atoms with Crippen molar-refractivity contribution in [2.75, 3.05) is 10.6 Å². The highest BCUT2D eigenvalue weighted by Gasteiger charge is 2.11. The van der Waals surface area contributed by atoms with E-state index in [1.54, 1.807) is 0 Å². The lowest BCUT2D eigenvalue weighted by Gasteiger charge is -2.08. The van der Waals surface area contributed by atoms with Crippen LogP contribution in [0.1, 0.15) is 0 Å². The van der Waals surface area contributed by atoms with Crippen LogP contribution in [0.5, 0.6) is 0 Å². The van der Waals surface area contributed by atoms with Gasteiger partial charge >= 0.3 is 6.03 Å². The number of rotatable bonds is 3. The van der Waals surface area contributed by atoms with E-state index in [-0.39, 0.29) is 16.4 Å². The molecule has 0 atom stereocenters. The number of carbonyl (C=O) groups is 1. The maximum atomic E-state index is 12.7. The SMILES string of the molecule is O=C(Nc1ccc(F)cc1)Nc1ccc([N+](=O)[O-])cc1Cl. The first-order valence-corrected chi connectivity index (χ1v) is 6.11. The zero-order valence-corrected chi connectivity index (χ0v) is 11.2. The maximum absolute atomic E-state index is 12.7. The number of nitrogens with zero attached hydrogens (tertiary/aromatic N) is 1. The molecule has 2 N–H and O–H groups in total. The summed E-state index contributed by atoms with van der Waals surface area (Å²) in [5, 5.41) is 15.5. The minimum atomic E-state index is -0.600. The number of halogens is 2. The van der Waals surface area contributed by atoms with Gasteiger partial charge in [0.2, 0.25) is 0 Å². The largest absolute Gasteiger partial charge is 0.323 e. The summed E-state index contributed by atoms with van der Waals surface area (Å²) in [4.78, 5) is 21.7. The molecule has 0 aromatic heterocycles. The predicted molar refractivity (Wildman–Crippen MR) is 77.1 cm³/mol. The Morgan fingerprint density at radius 3 is 2.38 bits per heavy atom. The molecule has 108 valence electrons. The van der Waals surface area contributed by atoms with E-state index in [1.807, 2.05) is 0 Å². The molecule has 2 amide bonds. The lowest BCUT2D eigenvalue weighted by atomic mass is 10.3. The van der Waals surface area contributed by atoms with Crippen LogP contribution in [0.3, 0.4) is 0 Å². The second kappa shape index (κ2) is 6.19. The second-order valence-electron chi connectivity index (χ2n) is 4.01. The standard InChI is InChI=1S/C13H9ClFN3O3/c14-11-7-10(18(20)21)5-6-12(11)17-13(19)16-9-3-1-8(15)2-4-9/h1-7H,(H2,16,17,19). The summed E-state index contributed by atoms with van der Waals surface area (Å²) in [5.41, 5.74) is 0.443. The molecular weight excluding hydrogens is 301 g/mol. The van der Waals surface area contributed by atoms with Crippen LogP contribution in [0.15, 0.2) is 42.5 Å². The Morgan fingerprint density at radius 1 is 1.14 bits per heavy atom. The first kappa shape index (κ1) is 14.7. The molecule has 0 radical (unpaired) electrons. The number of nitro groups is 1. The van der Waals surface area contributed by atoms with Gasteiger partial charge in [-0.1, -0.05) is 11.6 Å². The molecule has 0 saturated carbocycles. The van der Waals surface area contributed by atoms with E-state index >= 15 is 0 Å². The van der Waals surface area contributed by atoms with E-state index < -0.39 is 16.8 Å². The first-order valence-electron chi connectivity index (χ1n) is 5.73. The molecular formula is C13H9ClFN3O3. The second-order valence-corrected chi connectivity index (χ2v) is 4.41. The lowest BCUT2D eigenvalue weighted by Crippen LogP contribution is -2.19. The molecule has 0 aliphatic heterocycles. The van der Waals surface area contributed by atoms with E-state index in [9.17, 15) is 19.3 Å². The van der Waals surface area contributed by atoms with Gasteiger partial charge in [0.25, 0.3) is 5.69 Å². The van der Waals surface area contributed by atoms with Crippen molar-refractivity contribution in [1.82, 2.24) is 0 Å². The molecule has 0 fully saturated rings. The molecule has 0 heterocycles. The molecule has 0 spiro atoms. The molecule has 21 heavy (non-hydrogen) atoms. The van der Waals surface area contributed by atoms with Gasteiger partial charge in [-0.05, 0) is 30.3 Å². The third-order valence-electron chi connectivity index (χ3n) is 2.51. The number of hydrogen-bond acceptors (Lipinski definition) is 3. The molecule has 0 saturated heterocycles. The van der Waals surface area contributed by atoms with Crippen molar-refractivity contribution in [1.29, 1.82) is 0 Å². The van der Waals surface area contributed by atoms with E-state index in [4.69, 9.17) is 11.6 Å². The van der Waals surface area contributed by atoms with Crippen LogP contribution in [0.2, 0.25) is 5.02 Å². The van der Waals surface area contributed by atoms with Crippen molar-refractivity contribution >= 4 is 34.7 Å². The highest BCUT2D eigenvalue weighted by molar-refractivity contribution is 6.34. The Hall–Kier alpha value is -2.67. The Labute approximate surface area is 123 Å². The zero-order chi connectivity index (χ0) is 15.4. The number of nitrogens with one attached hydrogen (secondary N) is 2. The quantitative estimate of drug-likeness (QED) is 0.663. The summed E-state index contributed by atoms with van der Waals surface area (Å²) in [6, 6.07) is 8.28. The Balaban J connectivity index is 2.06. The van der Waals surface area contributed by atoms with Gasteiger partial charge in [0, 0.05) is 17.8 Å². The van der Waals surface area contributed by atoms with Crippen molar-refractivity contribution in [2.24, 2.45) is 0 Å². The number of benzene rings is 2. The van der Waals surface area contributed by atoms with Crippen molar-refractivity contribution in [3.8, 4) is 0 Å². The minimum absolute atomic E-state index is 0.0402. The number of carbonyl (C=O) groups excluding carboxylic acids is 1. The molecule has 2 aromatic rings. The van der Waals surface area contributed by atoms with E-state index in [0.29, 0.717) is 5.69 Å². The molecule has 0 unspecified atom stereocenters. The van der Waals surface area contributed by atoms with Crippen molar-refractivity contribution < 1.29 is 14.1 Å². The molecule has 2 aromatic carbocycles. The van der Waals surface area contributed by atoms with Crippen LogP contribution in [0.25, 0.3) is 0 Å². The first-order chi connectivity index (χ1) is 9.95. The van der Waals surface area contributed by atoms with Crippen LogP contribution >= 0.6 is 11.6 Å². The summed E-state index contributed by atoms with van der Waals surface area (Å²) in [6.45, 7) is 0. The van der Waals surface area contributed by atoms with E-state index in [2.05, 4.69) is 10.6 Å². The molecule has 2 rings (SSSR count). The fraction of sp³-hybridized carbons (Fsp3) is 0. The third-order valence-corrected chi connectivity index (χ3v) is 2.83.